The van der Waals surface area contributed by atoms with Crippen molar-refractivity contribution in [1.29, 1.82) is 0 Å². The molecule has 2 aliphatic rings. The third kappa shape index (κ3) is 2.80. The number of fused-ring (bicyclic) bond motifs is 1. The predicted molar refractivity (Wildman–Crippen MR) is 72.8 cm³/mol. The Morgan fingerprint density at radius 3 is 2.79 bits per heavy atom. The molecule has 0 spiro atoms. The molecule has 102 valence electrons. The summed E-state index contributed by atoms with van der Waals surface area (Å²) in [6.45, 7) is 0. The van der Waals surface area contributed by atoms with Crippen molar-refractivity contribution in [3.05, 3.63) is 34.9 Å². The minimum absolute atomic E-state index is 0.0264. The first kappa shape index (κ1) is 12.6. The number of nitrogens with one attached hydrogen (secondary N) is 2. The van der Waals surface area contributed by atoms with E-state index in [4.69, 9.17) is 5.11 Å². The summed E-state index contributed by atoms with van der Waals surface area (Å²) in [5.41, 5.74) is 10.6. The van der Waals surface area contributed by atoms with Gasteiger partial charge in [-0.3, -0.25) is 10.2 Å². The van der Waals surface area contributed by atoms with Crippen molar-refractivity contribution < 1.29 is 9.90 Å². The number of aliphatic carboxylic acids is 1. The Morgan fingerprint density at radius 1 is 1.21 bits per heavy atom. The molecule has 3 N–H and O–H groups in total. The summed E-state index contributed by atoms with van der Waals surface area (Å²) in [5, 5.41) is 8.82. The number of hydrazine groups is 1. The van der Waals surface area contributed by atoms with Gasteiger partial charge in [0.2, 0.25) is 0 Å². The molecular formula is C15H20N2O2. The van der Waals surface area contributed by atoms with Crippen molar-refractivity contribution in [1.82, 2.24) is 10.9 Å². The van der Waals surface area contributed by atoms with Gasteiger partial charge in [0.15, 0.2) is 0 Å². The third-order valence-electron chi connectivity index (χ3n) is 4.18. The van der Waals surface area contributed by atoms with E-state index in [1.165, 1.54) is 42.4 Å². The highest BCUT2D eigenvalue weighted by Crippen LogP contribution is 2.28. The van der Waals surface area contributed by atoms with E-state index in [1.54, 1.807) is 0 Å². The monoisotopic (exact) mass is 260 g/mol. The second-order valence-electron chi connectivity index (χ2n) is 5.61. The van der Waals surface area contributed by atoms with Gasteiger partial charge in [0.25, 0.3) is 0 Å². The zero-order valence-electron chi connectivity index (χ0n) is 11.0. The van der Waals surface area contributed by atoms with Crippen molar-refractivity contribution in [3.63, 3.8) is 0 Å². The van der Waals surface area contributed by atoms with E-state index in [-0.39, 0.29) is 18.5 Å². The van der Waals surface area contributed by atoms with Crippen LogP contribution in [0, 0.1) is 0 Å². The lowest BCUT2D eigenvalue weighted by Crippen LogP contribution is -2.32. The van der Waals surface area contributed by atoms with Gasteiger partial charge in [-0.05, 0) is 48.8 Å². The maximum absolute atomic E-state index is 10.7. The van der Waals surface area contributed by atoms with Crippen LogP contribution >= 0.6 is 0 Å². The number of rotatable bonds is 3. The largest absolute Gasteiger partial charge is 0.481 e. The van der Waals surface area contributed by atoms with Gasteiger partial charge in [0.1, 0.15) is 0 Å². The number of hydrogen-bond acceptors (Lipinski definition) is 3. The number of benzene rings is 1. The Bertz CT molecular complexity index is 487. The molecule has 4 nitrogen and oxygen atoms in total. The van der Waals surface area contributed by atoms with Crippen LogP contribution in [0.4, 0.5) is 0 Å². The molecule has 0 saturated carbocycles. The van der Waals surface area contributed by atoms with Crippen molar-refractivity contribution >= 4 is 5.97 Å². The van der Waals surface area contributed by atoms with Crippen molar-refractivity contribution in [3.8, 4) is 0 Å². The van der Waals surface area contributed by atoms with Crippen LogP contribution in [0.1, 0.15) is 48.4 Å². The number of aryl methyl sites for hydroxylation is 2. The first-order valence-electron chi connectivity index (χ1n) is 7.07. The standard InChI is InChI=1S/C15H20N2O2/c18-15(19)9-13-8-14(17-16-13)12-6-5-10-3-1-2-4-11(10)7-12/h5-7,13-14,16-17H,1-4,8-9H2,(H,18,19). The maximum Gasteiger partial charge on any atom is 0.304 e. The van der Waals surface area contributed by atoms with Crippen LogP contribution in [-0.4, -0.2) is 17.1 Å². The molecule has 0 aromatic heterocycles. The zero-order chi connectivity index (χ0) is 13.2. The van der Waals surface area contributed by atoms with Gasteiger partial charge in [0.05, 0.1) is 6.42 Å². The lowest BCUT2D eigenvalue weighted by molar-refractivity contribution is -0.137. The quantitative estimate of drug-likeness (QED) is 0.777. The van der Waals surface area contributed by atoms with Crippen LogP contribution in [0.25, 0.3) is 0 Å². The Morgan fingerprint density at radius 2 is 2.00 bits per heavy atom. The van der Waals surface area contributed by atoms with E-state index in [2.05, 4.69) is 29.1 Å². The van der Waals surface area contributed by atoms with Gasteiger partial charge in [0, 0.05) is 12.1 Å². The minimum Gasteiger partial charge on any atom is -0.481 e. The molecule has 2 atom stereocenters. The molecule has 3 rings (SSSR count). The molecule has 1 aromatic carbocycles. The Labute approximate surface area is 113 Å². The highest BCUT2D eigenvalue weighted by Gasteiger charge is 2.27. The molecular weight excluding hydrogens is 240 g/mol. The Hall–Kier alpha value is -1.39. The van der Waals surface area contributed by atoms with Crippen LogP contribution < -0.4 is 10.9 Å². The topological polar surface area (TPSA) is 61.4 Å². The number of carboxylic acid groups (broad SMARTS) is 1. The van der Waals surface area contributed by atoms with Crippen LogP contribution in [0.2, 0.25) is 0 Å². The van der Waals surface area contributed by atoms with Gasteiger partial charge in [-0.2, -0.15) is 0 Å². The minimum atomic E-state index is -0.745. The smallest absolute Gasteiger partial charge is 0.304 e. The molecule has 19 heavy (non-hydrogen) atoms. The molecule has 0 radical (unpaired) electrons. The summed E-state index contributed by atoms with van der Waals surface area (Å²) >= 11 is 0. The average Bonchev–Trinajstić information content (AvgIpc) is 2.86. The number of hydrogen-bond donors (Lipinski definition) is 3. The summed E-state index contributed by atoms with van der Waals surface area (Å²) in [6.07, 6.45) is 5.99. The summed E-state index contributed by atoms with van der Waals surface area (Å²) in [6, 6.07) is 7.00. The normalized spacial score (nSPS) is 26.1. The molecule has 1 saturated heterocycles. The van der Waals surface area contributed by atoms with Gasteiger partial charge in [-0.15, -0.1) is 0 Å². The molecule has 1 aromatic rings. The summed E-state index contributed by atoms with van der Waals surface area (Å²) in [4.78, 5) is 10.7. The zero-order valence-corrected chi connectivity index (χ0v) is 11.0. The van der Waals surface area contributed by atoms with E-state index >= 15 is 0 Å². The number of carboxylic acids is 1. The first-order valence-corrected chi connectivity index (χ1v) is 7.07. The lowest BCUT2D eigenvalue weighted by Gasteiger charge is -2.18. The van der Waals surface area contributed by atoms with E-state index in [0.717, 1.165) is 6.42 Å². The summed E-state index contributed by atoms with van der Waals surface area (Å²) < 4.78 is 0. The fourth-order valence-electron chi connectivity index (χ4n) is 3.16. The molecule has 1 heterocycles. The van der Waals surface area contributed by atoms with Gasteiger partial charge >= 0.3 is 5.97 Å². The molecule has 2 unspecified atom stereocenters. The van der Waals surface area contributed by atoms with Crippen LogP contribution in [0.5, 0.6) is 0 Å². The Kier molecular flexibility index (Phi) is 3.53. The van der Waals surface area contributed by atoms with Gasteiger partial charge < -0.3 is 5.11 Å². The molecule has 1 fully saturated rings. The highest BCUT2D eigenvalue weighted by atomic mass is 16.4. The van der Waals surface area contributed by atoms with Crippen LogP contribution in [0.3, 0.4) is 0 Å². The predicted octanol–water partition coefficient (Wildman–Crippen LogP) is 1.95. The SMILES string of the molecule is O=C(O)CC1CC(c2ccc3c(c2)CCCC3)NN1. The van der Waals surface area contributed by atoms with E-state index in [9.17, 15) is 4.79 Å². The summed E-state index contributed by atoms with van der Waals surface area (Å²) in [7, 11) is 0. The Balaban J connectivity index is 1.71. The second-order valence-corrected chi connectivity index (χ2v) is 5.61. The van der Waals surface area contributed by atoms with Crippen molar-refractivity contribution in [2.24, 2.45) is 0 Å². The second kappa shape index (κ2) is 5.31. The van der Waals surface area contributed by atoms with Crippen molar-refractivity contribution in [2.45, 2.75) is 50.6 Å². The highest BCUT2D eigenvalue weighted by molar-refractivity contribution is 5.67. The molecule has 0 bridgehead atoms. The van der Waals surface area contributed by atoms with E-state index in [0.29, 0.717) is 0 Å². The summed E-state index contributed by atoms with van der Waals surface area (Å²) in [5.74, 6) is -0.745. The van der Waals surface area contributed by atoms with Gasteiger partial charge in [-0.1, -0.05) is 18.2 Å². The molecule has 4 heteroatoms. The maximum atomic E-state index is 10.7. The van der Waals surface area contributed by atoms with Crippen LogP contribution in [-0.2, 0) is 17.6 Å². The van der Waals surface area contributed by atoms with E-state index < -0.39 is 5.97 Å². The lowest BCUT2D eigenvalue weighted by atomic mass is 9.88. The number of carbonyl (C=O) groups is 1. The third-order valence-corrected chi connectivity index (χ3v) is 4.18. The average molecular weight is 260 g/mol. The fraction of sp³-hybridized carbons (Fsp3) is 0.533. The van der Waals surface area contributed by atoms with Crippen molar-refractivity contribution in [2.75, 3.05) is 0 Å². The fourth-order valence-corrected chi connectivity index (χ4v) is 3.16. The molecule has 1 aliphatic heterocycles. The van der Waals surface area contributed by atoms with E-state index in [1.807, 2.05) is 0 Å². The molecule has 1 aliphatic carbocycles. The van der Waals surface area contributed by atoms with Crippen LogP contribution in [0.15, 0.2) is 18.2 Å². The van der Waals surface area contributed by atoms with Gasteiger partial charge in [-0.25, -0.2) is 5.43 Å². The molecule has 0 amide bonds. The first-order chi connectivity index (χ1) is 9.22.